The highest BCUT2D eigenvalue weighted by atomic mass is 35.5. The number of fused-ring (bicyclic) bond motifs is 2. The number of piperidine rings is 1. The maximum absolute atomic E-state index is 11.9. The summed E-state index contributed by atoms with van der Waals surface area (Å²) in [5.41, 5.74) is 9.27. The van der Waals surface area contributed by atoms with Crippen LogP contribution in [0.15, 0.2) is 24.5 Å². The van der Waals surface area contributed by atoms with Gasteiger partial charge in [-0.15, -0.1) is 0 Å². The number of esters is 1. The fourth-order valence-corrected chi connectivity index (χ4v) is 4.35. The monoisotopic (exact) mass is 425 g/mol. The fourth-order valence-electron chi connectivity index (χ4n) is 4.05. The second kappa shape index (κ2) is 7.26. The van der Waals surface area contributed by atoms with Gasteiger partial charge < -0.3 is 20.8 Å². The number of carbonyl (C=O) groups excluding carboxylic acids is 1. The fraction of sp³-hybridized carbons (Fsp3) is 0.300. The van der Waals surface area contributed by atoms with Crippen molar-refractivity contribution in [3.05, 3.63) is 35.1 Å². The first-order valence-corrected chi connectivity index (χ1v) is 10.1. The van der Waals surface area contributed by atoms with Crippen LogP contribution in [0.5, 0.6) is 0 Å². The zero-order chi connectivity index (χ0) is 20.8. The van der Waals surface area contributed by atoms with Gasteiger partial charge >= 0.3 is 5.97 Å². The summed E-state index contributed by atoms with van der Waals surface area (Å²) < 4.78 is 6.75. The Kier molecular flexibility index (Phi) is 4.56. The average Bonchev–Trinajstić information content (AvgIpc) is 3.32. The van der Waals surface area contributed by atoms with Gasteiger partial charge in [-0.25, -0.2) is 19.4 Å². The van der Waals surface area contributed by atoms with Gasteiger partial charge in [0.25, 0.3) is 0 Å². The van der Waals surface area contributed by atoms with E-state index in [1.807, 2.05) is 4.68 Å². The number of nitrogens with one attached hydrogen (secondary N) is 2. The Bertz CT molecular complexity index is 1270. The quantitative estimate of drug-likeness (QED) is 0.431. The molecule has 1 saturated heterocycles. The molecule has 0 amide bonds. The first-order valence-electron chi connectivity index (χ1n) is 9.67. The van der Waals surface area contributed by atoms with Gasteiger partial charge in [0.2, 0.25) is 0 Å². The molecule has 1 aliphatic rings. The van der Waals surface area contributed by atoms with Gasteiger partial charge in [-0.2, -0.15) is 5.10 Å². The first kappa shape index (κ1) is 18.8. The lowest BCUT2D eigenvalue weighted by Crippen LogP contribution is -2.30. The summed E-state index contributed by atoms with van der Waals surface area (Å²) in [7, 11) is 1.35. The van der Waals surface area contributed by atoms with E-state index in [0.717, 1.165) is 31.3 Å². The molecule has 0 atom stereocenters. The summed E-state index contributed by atoms with van der Waals surface area (Å²) in [5.74, 6) is -0.0670. The molecule has 0 aliphatic carbocycles. The van der Waals surface area contributed by atoms with E-state index in [1.54, 1.807) is 18.2 Å². The molecule has 3 aromatic heterocycles. The summed E-state index contributed by atoms with van der Waals surface area (Å²) in [6.45, 7) is 1.84. The maximum Gasteiger partial charge on any atom is 0.337 e. The van der Waals surface area contributed by atoms with Crippen molar-refractivity contribution in [2.24, 2.45) is 0 Å². The number of ether oxygens (including phenoxy) is 1. The number of H-pyrrole nitrogens is 1. The van der Waals surface area contributed by atoms with E-state index in [4.69, 9.17) is 27.2 Å². The predicted molar refractivity (Wildman–Crippen MR) is 115 cm³/mol. The molecule has 1 aliphatic heterocycles. The SMILES string of the molecule is COC(=O)c1ccc2c(Cl)c(-c3nn(C4CCNCC4)c4ncnc(N)c34)[nH]c2c1. The van der Waals surface area contributed by atoms with Gasteiger partial charge in [-0.05, 0) is 38.1 Å². The van der Waals surface area contributed by atoms with Gasteiger partial charge in [0, 0.05) is 10.9 Å². The van der Waals surface area contributed by atoms with Crippen molar-refractivity contribution < 1.29 is 9.53 Å². The standard InChI is InChI=1S/C20H20ClN7O2/c1-30-20(29)10-2-3-12-13(8-10)26-17(15(12)21)16-14-18(22)24-9-25-19(14)28(27-16)11-4-6-23-7-5-11/h2-3,8-9,11,23,26H,4-7H2,1H3,(H2,22,24,25). The maximum atomic E-state index is 11.9. The molecule has 9 nitrogen and oxygen atoms in total. The number of methoxy groups -OCH3 is 1. The summed E-state index contributed by atoms with van der Waals surface area (Å²) in [5, 5.41) is 10.2. The van der Waals surface area contributed by atoms with E-state index in [2.05, 4.69) is 20.3 Å². The zero-order valence-corrected chi connectivity index (χ0v) is 17.0. The van der Waals surface area contributed by atoms with Crippen molar-refractivity contribution in [3.8, 4) is 11.4 Å². The second-order valence-electron chi connectivity index (χ2n) is 7.30. The normalized spacial score (nSPS) is 15.1. The van der Waals surface area contributed by atoms with E-state index in [9.17, 15) is 4.79 Å². The molecule has 0 spiro atoms. The Balaban J connectivity index is 1.72. The number of anilines is 1. The molecule has 1 fully saturated rings. The number of aromatic nitrogens is 5. The number of nitrogen functional groups attached to an aromatic ring is 1. The van der Waals surface area contributed by atoms with Gasteiger partial charge in [0.1, 0.15) is 17.8 Å². The molecule has 0 unspecified atom stereocenters. The zero-order valence-electron chi connectivity index (χ0n) is 16.3. The molecule has 0 bridgehead atoms. The van der Waals surface area contributed by atoms with Crippen LogP contribution in [0.3, 0.4) is 0 Å². The van der Waals surface area contributed by atoms with Crippen molar-refractivity contribution in [2.75, 3.05) is 25.9 Å². The van der Waals surface area contributed by atoms with Gasteiger partial charge in [0.15, 0.2) is 5.65 Å². The number of nitrogens with zero attached hydrogens (tertiary/aromatic N) is 4. The first-order chi connectivity index (χ1) is 14.6. The summed E-state index contributed by atoms with van der Waals surface area (Å²) in [4.78, 5) is 23.8. The van der Waals surface area contributed by atoms with Crippen LogP contribution in [0.4, 0.5) is 5.82 Å². The third-order valence-corrected chi connectivity index (χ3v) is 5.96. The molecule has 30 heavy (non-hydrogen) atoms. The number of aromatic amines is 1. The van der Waals surface area contributed by atoms with E-state index in [0.29, 0.717) is 44.3 Å². The molecular formula is C20H20ClN7O2. The molecule has 4 heterocycles. The predicted octanol–water partition coefficient (Wildman–Crippen LogP) is 2.92. The number of halogens is 1. The topological polar surface area (TPSA) is 124 Å². The number of benzene rings is 1. The molecule has 0 radical (unpaired) electrons. The Morgan fingerprint density at radius 1 is 1.30 bits per heavy atom. The van der Waals surface area contributed by atoms with E-state index < -0.39 is 5.97 Å². The number of nitrogens with two attached hydrogens (primary N) is 1. The Labute approximate surface area is 176 Å². The van der Waals surface area contributed by atoms with Crippen molar-refractivity contribution >= 4 is 45.3 Å². The highest BCUT2D eigenvalue weighted by Gasteiger charge is 2.26. The highest BCUT2D eigenvalue weighted by molar-refractivity contribution is 6.38. The minimum Gasteiger partial charge on any atom is -0.465 e. The van der Waals surface area contributed by atoms with Crippen LogP contribution in [-0.2, 0) is 4.74 Å². The van der Waals surface area contributed by atoms with E-state index in [1.165, 1.54) is 13.4 Å². The Hall–Kier alpha value is -3.17. The summed E-state index contributed by atoms with van der Waals surface area (Å²) >= 11 is 6.72. The molecule has 10 heteroatoms. The molecule has 0 saturated carbocycles. The van der Waals surface area contributed by atoms with Gasteiger partial charge in [-0.1, -0.05) is 17.7 Å². The molecular weight excluding hydrogens is 406 g/mol. The molecule has 4 aromatic rings. The van der Waals surface area contributed by atoms with Crippen molar-refractivity contribution in [1.29, 1.82) is 0 Å². The van der Waals surface area contributed by atoms with Crippen LogP contribution >= 0.6 is 11.6 Å². The Morgan fingerprint density at radius 3 is 2.87 bits per heavy atom. The molecule has 5 rings (SSSR count). The van der Waals surface area contributed by atoms with Crippen LogP contribution in [0.1, 0.15) is 29.2 Å². The number of rotatable bonds is 3. The van der Waals surface area contributed by atoms with Crippen LogP contribution in [0, 0.1) is 0 Å². The third-order valence-electron chi connectivity index (χ3n) is 5.57. The molecule has 1 aromatic carbocycles. The lowest BCUT2D eigenvalue weighted by molar-refractivity contribution is 0.0601. The minimum atomic E-state index is -0.414. The lowest BCUT2D eigenvalue weighted by Gasteiger charge is -2.23. The number of hydrogen-bond acceptors (Lipinski definition) is 7. The minimum absolute atomic E-state index is 0.214. The second-order valence-corrected chi connectivity index (χ2v) is 7.68. The smallest absolute Gasteiger partial charge is 0.337 e. The number of hydrogen-bond donors (Lipinski definition) is 3. The third kappa shape index (κ3) is 2.89. The van der Waals surface area contributed by atoms with Gasteiger partial charge in [0.05, 0.1) is 34.8 Å². The largest absolute Gasteiger partial charge is 0.465 e. The summed E-state index contributed by atoms with van der Waals surface area (Å²) in [6.07, 6.45) is 3.35. The molecule has 154 valence electrons. The van der Waals surface area contributed by atoms with Crippen LogP contribution in [0.25, 0.3) is 33.3 Å². The van der Waals surface area contributed by atoms with Crippen molar-refractivity contribution in [1.82, 2.24) is 30.0 Å². The number of carbonyl (C=O) groups is 1. The van der Waals surface area contributed by atoms with Crippen LogP contribution in [0.2, 0.25) is 5.02 Å². The lowest BCUT2D eigenvalue weighted by atomic mass is 10.1. The van der Waals surface area contributed by atoms with E-state index >= 15 is 0 Å². The highest BCUT2D eigenvalue weighted by Crippen LogP contribution is 2.39. The average molecular weight is 426 g/mol. The Morgan fingerprint density at radius 2 is 2.10 bits per heavy atom. The molecule has 4 N–H and O–H groups in total. The van der Waals surface area contributed by atoms with Crippen LogP contribution in [-0.4, -0.2) is 50.9 Å². The van der Waals surface area contributed by atoms with Crippen molar-refractivity contribution in [2.45, 2.75) is 18.9 Å². The van der Waals surface area contributed by atoms with Gasteiger partial charge in [-0.3, -0.25) is 0 Å². The van der Waals surface area contributed by atoms with Crippen molar-refractivity contribution in [3.63, 3.8) is 0 Å². The van der Waals surface area contributed by atoms with E-state index in [-0.39, 0.29) is 6.04 Å². The summed E-state index contributed by atoms with van der Waals surface area (Å²) in [6, 6.07) is 5.39. The van der Waals surface area contributed by atoms with Crippen LogP contribution < -0.4 is 11.1 Å².